The number of ether oxygens (including phenoxy) is 4. The monoisotopic (exact) mass is 665 g/mol. The maximum Gasteiger partial charge on any atom is 0.387 e. The Hall–Kier alpha value is -3.34. The van der Waals surface area contributed by atoms with E-state index in [1.807, 2.05) is 0 Å². The number of hydrogen-bond acceptors (Lipinski definition) is 6. The summed E-state index contributed by atoms with van der Waals surface area (Å²) in [6, 6.07) is 11.1. The Bertz CT molecular complexity index is 1440. The van der Waals surface area contributed by atoms with Gasteiger partial charge in [-0.3, -0.25) is 0 Å². The van der Waals surface area contributed by atoms with E-state index in [0.29, 0.717) is 40.7 Å². The van der Waals surface area contributed by atoms with Crippen LogP contribution in [-0.4, -0.2) is 57.0 Å². The zero-order valence-electron chi connectivity index (χ0n) is 25.1. The standard InChI is InChI=1S/C33H37Cl2F2N2O6/c1-39(13-3-2-4-14-39)15-16-42-25-10-7-23(8-11-25)32(40)44-30(18-26-27(34)19-38(41)20-28(26)35)24-9-12-29(45-33(36)37)31(17-24)43-21-22-5-6-22/h7-12,17,19-20,22,30,33H,2-6,13-16,18,21H2,1H3/q+1. The summed E-state index contributed by atoms with van der Waals surface area (Å²) in [5, 5.41) is 12.0. The first-order valence-corrected chi connectivity index (χ1v) is 15.9. The van der Waals surface area contributed by atoms with E-state index in [-0.39, 0.29) is 33.5 Å². The topological polar surface area (TPSA) is 80.9 Å². The molecule has 1 aromatic heterocycles. The van der Waals surface area contributed by atoms with E-state index in [4.69, 9.17) is 37.4 Å². The Morgan fingerprint density at radius 1 is 1.00 bits per heavy atom. The van der Waals surface area contributed by atoms with Crippen molar-refractivity contribution in [3.8, 4) is 17.2 Å². The van der Waals surface area contributed by atoms with Gasteiger partial charge in [0.1, 0.15) is 35.1 Å². The average molecular weight is 667 g/mol. The molecule has 242 valence electrons. The van der Waals surface area contributed by atoms with Crippen LogP contribution in [0.4, 0.5) is 8.78 Å². The summed E-state index contributed by atoms with van der Waals surface area (Å²) in [6.07, 6.45) is 7.08. The van der Waals surface area contributed by atoms with Crippen molar-refractivity contribution in [2.75, 3.05) is 39.9 Å². The van der Waals surface area contributed by atoms with Crippen LogP contribution in [0.15, 0.2) is 54.9 Å². The fraction of sp³-hybridized carbons (Fsp3) is 0.455. The number of halogens is 4. The van der Waals surface area contributed by atoms with E-state index in [2.05, 4.69) is 11.8 Å². The highest BCUT2D eigenvalue weighted by Gasteiger charge is 2.27. The Balaban J connectivity index is 1.33. The summed E-state index contributed by atoms with van der Waals surface area (Å²) in [5.74, 6) is 0.338. The van der Waals surface area contributed by atoms with Gasteiger partial charge in [-0.1, -0.05) is 29.3 Å². The van der Waals surface area contributed by atoms with Gasteiger partial charge in [0, 0.05) is 12.0 Å². The minimum Gasteiger partial charge on any atom is -0.619 e. The number of rotatable bonds is 14. The molecule has 0 spiro atoms. The van der Waals surface area contributed by atoms with E-state index < -0.39 is 18.7 Å². The largest absolute Gasteiger partial charge is 0.619 e. The number of nitrogens with zero attached hydrogens (tertiary/aromatic N) is 2. The molecular weight excluding hydrogens is 629 g/mol. The third kappa shape index (κ3) is 9.34. The van der Waals surface area contributed by atoms with Crippen LogP contribution in [-0.2, 0) is 11.2 Å². The molecule has 1 saturated carbocycles. The molecule has 1 aliphatic heterocycles. The van der Waals surface area contributed by atoms with Crippen LogP contribution in [0, 0.1) is 11.1 Å². The molecule has 45 heavy (non-hydrogen) atoms. The lowest BCUT2D eigenvalue weighted by atomic mass is 10.0. The number of benzene rings is 2. The molecule has 0 bridgehead atoms. The maximum absolute atomic E-state index is 13.4. The number of esters is 1. The van der Waals surface area contributed by atoms with Gasteiger partial charge in [0.25, 0.3) is 0 Å². The third-order valence-electron chi connectivity index (χ3n) is 8.31. The van der Waals surface area contributed by atoms with Crippen molar-refractivity contribution in [1.82, 2.24) is 0 Å². The normalized spacial score (nSPS) is 16.7. The quantitative estimate of drug-likeness (QED) is 0.0786. The number of pyridine rings is 1. The summed E-state index contributed by atoms with van der Waals surface area (Å²) in [7, 11) is 2.26. The average Bonchev–Trinajstić information content (AvgIpc) is 3.83. The fourth-order valence-electron chi connectivity index (χ4n) is 5.43. The van der Waals surface area contributed by atoms with Crippen LogP contribution in [0.25, 0.3) is 0 Å². The van der Waals surface area contributed by atoms with Crippen LogP contribution < -0.4 is 18.9 Å². The van der Waals surface area contributed by atoms with Crippen LogP contribution in [0.2, 0.25) is 10.0 Å². The van der Waals surface area contributed by atoms with E-state index in [1.54, 1.807) is 24.3 Å². The van der Waals surface area contributed by atoms with E-state index in [0.717, 1.165) is 49.4 Å². The van der Waals surface area contributed by atoms with Crippen molar-refractivity contribution in [3.63, 3.8) is 0 Å². The molecule has 0 amide bonds. The third-order valence-corrected chi connectivity index (χ3v) is 8.96. The SMILES string of the molecule is C[N+]1(CCOc2ccc(C(=O)OC(Cc3c(Cl)c[n+]([O-])cc3Cl)c3ccc(OC(F)F)c(OCC4CC4)c3)cc2)CCCCC1. The fourth-order valence-corrected chi connectivity index (χ4v) is 6.03. The van der Waals surface area contributed by atoms with Crippen LogP contribution >= 0.6 is 23.2 Å². The zero-order chi connectivity index (χ0) is 32.0. The van der Waals surface area contributed by atoms with E-state index in [1.165, 1.54) is 37.5 Å². The number of hydrogen-bond donors (Lipinski definition) is 0. The summed E-state index contributed by atoms with van der Waals surface area (Å²) >= 11 is 12.7. The van der Waals surface area contributed by atoms with Crippen LogP contribution in [0.5, 0.6) is 17.2 Å². The number of likely N-dealkylation sites (N-methyl/N-ethyl adjacent to an activating group) is 1. The molecule has 12 heteroatoms. The second-order valence-corrected chi connectivity index (χ2v) is 12.8. The lowest BCUT2D eigenvalue weighted by Gasteiger charge is -2.37. The minimum atomic E-state index is -3.05. The molecule has 1 atom stereocenters. The van der Waals surface area contributed by atoms with Crippen molar-refractivity contribution in [2.24, 2.45) is 5.92 Å². The second-order valence-electron chi connectivity index (χ2n) is 12.0. The van der Waals surface area contributed by atoms with Crippen LogP contribution in [0.3, 0.4) is 0 Å². The molecule has 1 saturated heterocycles. The van der Waals surface area contributed by atoms with Gasteiger partial charge in [-0.05, 0) is 80.0 Å². The van der Waals surface area contributed by atoms with Crippen LogP contribution in [0.1, 0.15) is 59.7 Å². The molecule has 0 N–H and O–H groups in total. The van der Waals surface area contributed by atoms with Crippen molar-refractivity contribution >= 4 is 29.2 Å². The highest BCUT2D eigenvalue weighted by atomic mass is 35.5. The van der Waals surface area contributed by atoms with Gasteiger partial charge in [0.2, 0.25) is 0 Å². The predicted octanol–water partition coefficient (Wildman–Crippen LogP) is 7.17. The number of piperidine rings is 1. The first kappa shape index (κ1) is 33.0. The predicted molar refractivity (Wildman–Crippen MR) is 165 cm³/mol. The molecule has 5 rings (SSSR count). The highest BCUT2D eigenvalue weighted by molar-refractivity contribution is 6.35. The molecule has 8 nitrogen and oxygen atoms in total. The molecule has 2 aliphatic rings. The number of carbonyl (C=O) groups excluding carboxylic acids is 1. The van der Waals surface area contributed by atoms with E-state index >= 15 is 0 Å². The number of quaternary nitrogens is 1. The van der Waals surface area contributed by atoms with Crippen molar-refractivity contribution in [1.29, 1.82) is 0 Å². The van der Waals surface area contributed by atoms with Crippen molar-refractivity contribution in [3.05, 3.63) is 86.8 Å². The van der Waals surface area contributed by atoms with Crippen molar-refractivity contribution < 1.29 is 41.7 Å². The maximum atomic E-state index is 13.4. The van der Waals surface area contributed by atoms with E-state index in [9.17, 15) is 18.8 Å². The minimum absolute atomic E-state index is 0.000421. The molecule has 3 aromatic rings. The number of aromatic nitrogens is 1. The van der Waals surface area contributed by atoms with Crippen molar-refractivity contribution in [2.45, 2.75) is 51.2 Å². The molecule has 2 fully saturated rings. The smallest absolute Gasteiger partial charge is 0.387 e. The van der Waals surface area contributed by atoms with Gasteiger partial charge in [-0.25, -0.2) is 4.79 Å². The molecular formula is C33H37Cl2F2N2O6+. The number of likely N-dealkylation sites (tertiary alicyclic amines) is 1. The summed E-state index contributed by atoms with van der Waals surface area (Å²) in [6.45, 7) is 1.09. The molecule has 1 unspecified atom stereocenters. The lowest BCUT2D eigenvalue weighted by molar-refractivity contribution is -0.914. The Labute approximate surface area is 271 Å². The summed E-state index contributed by atoms with van der Waals surface area (Å²) in [5.41, 5.74) is 1.11. The molecule has 0 radical (unpaired) electrons. The summed E-state index contributed by atoms with van der Waals surface area (Å²) < 4.78 is 50.2. The van der Waals surface area contributed by atoms with Gasteiger partial charge in [0.05, 0.1) is 32.3 Å². The first-order chi connectivity index (χ1) is 21.6. The van der Waals surface area contributed by atoms with Gasteiger partial charge >= 0.3 is 12.6 Å². The molecule has 2 heterocycles. The number of alkyl halides is 2. The van der Waals surface area contributed by atoms with Gasteiger partial charge in [-0.15, -0.1) is 0 Å². The Morgan fingerprint density at radius 2 is 1.69 bits per heavy atom. The Morgan fingerprint density at radius 3 is 2.33 bits per heavy atom. The van der Waals surface area contributed by atoms with Gasteiger partial charge < -0.3 is 28.6 Å². The zero-order valence-corrected chi connectivity index (χ0v) is 26.6. The Kier molecular flexibility index (Phi) is 10.9. The lowest BCUT2D eigenvalue weighted by Crippen LogP contribution is -2.50. The molecule has 2 aromatic carbocycles. The van der Waals surface area contributed by atoms with Gasteiger partial charge in [0.15, 0.2) is 23.9 Å². The molecule has 1 aliphatic carbocycles. The number of carbonyl (C=O) groups is 1. The summed E-state index contributed by atoms with van der Waals surface area (Å²) in [4.78, 5) is 13.4. The van der Waals surface area contributed by atoms with Gasteiger partial charge in [-0.2, -0.15) is 13.5 Å². The second kappa shape index (κ2) is 14.8. The highest BCUT2D eigenvalue weighted by Crippen LogP contribution is 2.38. The first-order valence-electron chi connectivity index (χ1n) is 15.1.